The number of thiazole rings is 1. The molecule has 7 heteroatoms. The average Bonchev–Trinajstić information content (AvgIpc) is 3.76. The van der Waals surface area contributed by atoms with E-state index < -0.39 is 4.62 Å². The number of allylic oxidation sites excluding steroid dienone is 6. The Balaban J connectivity index is 1.30. The van der Waals surface area contributed by atoms with Crippen LogP contribution in [0.1, 0.15) is 51.0 Å². The van der Waals surface area contributed by atoms with E-state index >= 15 is 0 Å². The zero-order valence-electron chi connectivity index (χ0n) is 28.4. The Kier molecular flexibility index (Phi) is 10.3. The molecule has 2 aliphatic heterocycles. The number of aromatic nitrogens is 1. The van der Waals surface area contributed by atoms with Crippen LogP contribution >= 0.6 is 23.1 Å². The number of hydrogen-bond donors (Lipinski definition) is 0. The molecule has 49 heavy (non-hydrogen) atoms. The first-order valence-corrected chi connectivity index (χ1v) is 20.6. The van der Waals surface area contributed by atoms with Crippen molar-refractivity contribution >= 4 is 70.2 Å². The van der Waals surface area contributed by atoms with E-state index in [1.54, 1.807) is 0 Å². The molecule has 0 amide bonds. The molecule has 0 spiro atoms. The van der Waals surface area contributed by atoms with Gasteiger partial charge in [0.1, 0.15) is 0 Å². The molecule has 250 valence electrons. The second kappa shape index (κ2) is 15.0. The molecule has 0 N–H and O–H groups in total. The molecular formula is C42H44N3OS2Se+. The average molecular weight is 750 g/mol. The van der Waals surface area contributed by atoms with Crippen LogP contribution in [0.5, 0.6) is 0 Å². The first kappa shape index (κ1) is 33.7. The van der Waals surface area contributed by atoms with Crippen LogP contribution in [0.4, 0.5) is 11.4 Å². The van der Waals surface area contributed by atoms with E-state index in [0.717, 1.165) is 57.5 Å². The van der Waals surface area contributed by atoms with Crippen LogP contribution in [0.3, 0.4) is 0 Å². The number of nitrogens with zero attached hydrogens (tertiary/aromatic N) is 3. The third-order valence-electron chi connectivity index (χ3n) is 9.27. The summed E-state index contributed by atoms with van der Waals surface area (Å²) in [5.74, 6) is 1.05. The van der Waals surface area contributed by atoms with Crippen molar-refractivity contribution in [1.29, 1.82) is 0 Å². The number of hydrogen-bond acceptors (Lipinski definition) is 5. The Bertz CT molecular complexity index is 2010. The van der Waals surface area contributed by atoms with Crippen LogP contribution in [0, 0.1) is 0 Å². The molecule has 7 rings (SSSR count). The third kappa shape index (κ3) is 6.87. The number of benzene rings is 3. The fourth-order valence-corrected chi connectivity index (χ4v) is 11.8. The number of thioether (sulfide) groups is 1. The minimum atomic E-state index is -0.417. The maximum absolute atomic E-state index is 7.40. The van der Waals surface area contributed by atoms with Gasteiger partial charge in [0, 0.05) is 0 Å². The predicted molar refractivity (Wildman–Crippen MR) is 212 cm³/mol. The van der Waals surface area contributed by atoms with Crippen molar-refractivity contribution in [1.82, 2.24) is 0 Å². The van der Waals surface area contributed by atoms with Crippen molar-refractivity contribution < 1.29 is 9.30 Å². The fraction of sp³-hybridized carbons (Fsp3) is 0.262. The van der Waals surface area contributed by atoms with Gasteiger partial charge in [-0.3, -0.25) is 0 Å². The van der Waals surface area contributed by atoms with Gasteiger partial charge in [0.25, 0.3) is 0 Å². The Morgan fingerprint density at radius 3 is 2.53 bits per heavy atom. The molecule has 0 saturated heterocycles. The molecule has 0 saturated carbocycles. The van der Waals surface area contributed by atoms with Crippen molar-refractivity contribution in [2.24, 2.45) is 0 Å². The topological polar surface area (TPSA) is 19.6 Å². The number of anilines is 2. The summed E-state index contributed by atoms with van der Waals surface area (Å²) in [6.45, 7) is 15.3. The summed E-state index contributed by atoms with van der Waals surface area (Å²) in [6.07, 6.45) is 18.3. The van der Waals surface area contributed by atoms with Gasteiger partial charge < -0.3 is 0 Å². The number of ether oxygens (including phenoxy) is 1. The van der Waals surface area contributed by atoms with Gasteiger partial charge in [-0.1, -0.05) is 0 Å². The first-order valence-electron chi connectivity index (χ1n) is 17.3. The van der Waals surface area contributed by atoms with E-state index in [1.165, 1.54) is 52.1 Å². The molecule has 4 aromatic rings. The quantitative estimate of drug-likeness (QED) is 0.0817. The molecule has 3 aliphatic rings. The monoisotopic (exact) mass is 750 g/mol. The van der Waals surface area contributed by atoms with Gasteiger partial charge in [0.15, 0.2) is 0 Å². The van der Waals surface area contributed by atoms with Crippen molar-refractivity contribution in [3.63, 3.8) is 0 Å². The SMILES string of the molecule is C=CCCN1/C(=C\C=C2/CCCC(/C=C/c3sc4ccccc4[n+]3CCC=C)=C2OC2(C)[Se]c3ccccc3N2CC)Sc2ccccc21. The second-order valence-electron chi connectivity index (χ2n) is 12.5. The van der Waals surface area contributed by atoms with Gasteiger partial charge in [-0.2, -0.15) is 0 Å². The number of rotatable bonds is 12. The van der Waals surface area contributed by atoms with E-state index in [0.29, 0.717) is 0 Å². The van der Waals surface area contributed by atoms with Crippen LogP contribution in [0.2, 0.25) is 0 Å². The van der Waals surface area contributed by atoms with Crippen LogP contribution in [-0.2, 0) is 11.3 Å². The summed E-state index contributed by atoms with van der Waals surface area (Å²) < 4.78 is 12.1. The van der Waals surface area contributed by atoms with Crippen molar-refractivity contribution in [3.8, 4) is 0 Å². The van der Waals surface area contributed by atoms with Gasteiger partial charge in [-0.25, -0.2) is 0 Å². The summed E-state index contributed by atoms with van der Waals surface area (Å²) in [5, 5.41) is 2.51. The summed E-state index contributed by atoms with van der Waals surface area (Å²) >= 11 is 3.84. The maximum atomic E-state index is 7.40. The Labute approximate surface area is 306 Å². The third-order valence-corrected chi connectivity index (χ3v) is 14.1. The van der Waals surface area contributed by atoms with E-state index in [1.807, 2.05) is 35.3 Å². The molecule has 0 bridgehead atoms. The van der Waals surface area contributed by atoms with Gasteiger partial charge in [-0.05, 0) is 0 Å². The van der Waals surface area contributed by atoms with E-state index in [-0.39, 0.29) is 15.0 Å². The zero-order chi connectivity index (χ0) is 33.8. The standard InChI is InChI=1S/C42H44N3OS2Se/c1-5-8-29-43-33-19-10-13-22-36(33)47-39(43)27-25-31-17-16-18-32(26-28-40-44(30-9-6-2)34-20-11-14-23-37(34)48-40)41(31)46-42(4)45(7-3)35-21-12-15-24-38(35)49-42/h5-6,10-15,19-28H,1-2,7-9,16-18,29-30H2,3-4H3/q+1. The van der Waals surface area contributed by atoms with Crippen molar-refractivity contribution in [2.75, 3.05) is 22.9 Å². The number of aryl methyl sites for hydroxylation is 1. The number of fused-ring (bicyclic) bond motifs is 3. The molecule has 0 fully saturated rings. The van der Waals surface area contributed by atoms with Crippen LogP contribution < -0.4 is 18.8 Å². The van der Waals surface area contributed by atoms with Crippen LogP contribution in [0.15, 0.2) is 143 Å². The van der Waals surface area contributed by atoms with Gasteiger partial charge >= 0.3 is 308 Å². The zero-order valence-corrected chi connectivity index (χ0v) is 31.8. The van der Waals surface area contributed by atoms with Crippen molar-refractivity contribution in [3.05, 3.63) is 143 Å². The predicted octanol–water partition coefficient (Wildman–Crippen LogP) is 9.73. The van der Waals surface area contributed by atoms with Crippen LogP contribution in [-0.4, -0.2) is 32.7 Å². The minimum absolute atomic E-state index is 0.131. The molecule has 1 aromatic heterocycles. The molecule has 1 aliphatic carbocycles. The van der Waals surface area contributed by atoms with E-state index in [9.17, 15) is 0 Å². The molecule has 0 radical (unpaired) electrons. The Morgan fingerprint density at radius 2 is 1.69 bits per heavy atom. The molecule has 1 unspecified atom stereocenters. The molecule has 4 nitrogen and oxygen atoms in total. The Morgan fingerprint density at radius 1 is 0.918 bits per heavy atom. The summed E-state index contributed by atoms with van der Waals surface area (Å²) in [5.41, 5.74) is 6.42. The molecular weight excluding hydrogens is 706 g/mol. The summed E-state index contributed by atoms with van der Waals surface area (Å²) in [4.78, 5) is 6.21. The summed E-state index contributed by atoms with van der Waals surface area (Å²) in [7, 11) is 0. The van der Waals surface area contributed by atoms with Crippen LogP contribution in [0.25, 0.3) is 16.3 Å². The normalized spacial score (nSPS) is 20.5. The number of para-hydroxylation sites is 3. The van der Waals surface area contributed by atoms with E-state index in [4.69, 9.17) is 4.74 Å². The first-order chi connectivity index (χ1) is 24.0. The molecule has 3 aromatic carbocycles. The van der Waals surface area contributed by atoms with E-state index in [2.05, 4.69) is 138 Å². The Hall–Kier alpha value is -3.74. The molecule has 1 atom stereocenters. The van der Waals surface area contributed by atoms with Gasteiger partial charge in [-0.15, -0.1) is 0 Å². The van der Waals surface area contributed by atoms with Crippen molar-refractivity contribution in [2.45, 2.75) is 62.0 Å². The second-order valence-corrected chi connectivity index (χ2v) is 17.6. The molecule has 3 heterocycles. The fourth-order valence-electron chi connectivity index (χ4n) is 6.92. The summed E-state index contributed by atoms with van der Waals surface area (Å²) in [6, 6.07) is 26.3. The van der Waals surface area contributed by atoms with Gasteiger partial charge in [0.05, 0.1) is 0 Å². The van der Waals surface area contributed by atoms with Gasteiger partial charge in [0.2, 0.25) is 0 Å².